The molecular formula is C27H35NO4. The van der Waals surface area contributed by atoms with Crippen molar-refractivity contribution in [3.05, 3.63) is 71.9 Å². The van der Waals surface area contributed by atoms with Crippen LogP contribution in [0.2, 0.25) is 0 Å². The van der Waals surface area contributed by atoms with Crippen LogP contribution in [0.4, 0.5) is 0 Å². The van der Waals surface area contributed by atoms with Gasteiger partial charge in [-0.25, -0.2) is 0 Å². The summed E-state index contributed by atoms with van der Waals surface area (Å²) in [5.41, 5.74) is 2.03. The quantitative estimate of drug-likeness (QED) is 0.468. The monoisotopic (exact) mass is 437 g/mol. The van der Waals surface area contributed by atoms with Gasteiger partial charge in [0.25, 0.3) is 0 Å². The molecule has 2 aliphatic heterocycles. The minimum atomic E-state index is -0.885. The molecule has 2 aliphatic carbocycles. The minimum absolute atomic E-state index is 0.000549. The third-order valence-corrected chi connectivity index (χ3v) is 7.61. The van der Waals surface area contributed by atoms with Crippen molar-refractivity contribution in [3.8, 4) is 0 Å². The number of allylic oxidation sites excluding steroid dienone is 7. The molecule has 172 valence electrons. The number of rotatable bonds is 3. The molecule has 0 aromatic heterocycles. The Balaban J connectivity index is 1.71. The second kappa shape index (κ2) is 9.34. The average Bonchev–Trinajstić information content (AvgIpc) is 3.23. The Morgan fingerprint density at radius 1 is 1.06 bits per heavy atom. The third kappa shape index (κ3) is 3.98. The highest BCUT2D eigenvalue weighted by atomic mass is 16.3. The van der Waals surface area contributed by atoms with Crippen LogP contribution in [-0.2, 0) is 4.79 Å². The summed E-state index contributed by atoms with van der Waals surface area (Å²) in [6.07, 6.45) is 18.6. The first kappa shape index (κ1) is 23.0. The Hall–Kier alpha value is -2.21. The zero-order valence-corrected chi connectivity index (χ0v) is 19.1. The summed E-state index contributed by atoms with van der Waals surface area (Å²) in [6.45, 7) is 5.97. The molecule has 2 saturated heterocycles. The first-order chi connectivity index (χ1) is 15.3. The van der Waals surface area contributed by atoms with Gasteiger partial charge in [-0.3, -0.25) is 4.79 Å². The minimum Gasteiger partial charge on any atom is -0.391 e. The summed E-state index contributed by atoms with van der Waals surface area (Å²) >= 11 is 0. The van der Waals surface area contributed by atoms with Gasteiger partial charge in [0.1, 0.15) is 0 Å². The molecule has 0 unspecified atom stereocenters. The van der Waals surface area contributed by atoms with Crippen LogP contribution in [0, 0.1) is 23.7 Å². The molecule has 5 heteroatoms. The van der Waals surface area contributed by atoms with Crippen LogP contribution >= 0.6 is 0 Å². The van der Waals surface area contributed by atoms with Crippen LogP contribution < -0.4 is 0 Å². The molecule has 4 aliphatic rings. The molecule has 1 amide bonds. The SMILES string of the molecule is C/C=C/C=C/C[C@@H]1C[C@H](O)[C@H]2[C@@H]3/C(C)=C/[C@H]4C=C[C@@H](O)[C@@H](O)[C@@H]4/C(C)=C/C=C/[C@@H]3C(=O)N12. The smallest absolute Gasteiger partial charge is 0.230 e. The molecule has 0 aromatic rings. The van der Waals surface area contributed by atoms with Gasteiger partial charge in [0.15, 0.2) is 0 Å². The molecule has 32 heavy (non-hydrogen) atoms. The molecule has 0 radical (unpaired) electrons. The van der Waals surface area contributed by atoms with Crippen LogP contribution in [0.5, 0.6) is 0 Å². The molecule has 2 fully saturated rings. The Labute approximate surface area is 190 Å². The topological polar surface area (TPSA) is 81.0 Å². The molecule has 4 rings (SSSR count). The lowest BCUT2D eigenvalue weighted by atomic mass is 9.73. The van der Waals surface area contributed by atoms with Crippen molar-refractivity contribution in [3.63, 3.8) is 0 Å². The molecule has 0 saturated carbocycles. The second-order valence-corrected chi connectivity index (χ2v) is 9.61. The number of carbonyl (C=O) groups excluding carboxylic acids is 1. The van der Waals surface area contributed by atoms with Gasteiger partial charge in [0.05, 0.1) is 30.3 Å². The van der Waals surface area contributed by atoms with E-state index in [1.165, 1.54) is 0 Å². The Morgan fingerprint density at radius 2 is 1.84 bits per heavy atom. The van der Waals surface area contributed by atoms with Crippen molar-refractivity contribution in [2.45, 2.75) is 64.0 Å². The first-order valence-corrected chi connectivity index (χ1v) is 11.7. The van der Waals surface area contributed by atoms with Gasteiger partial charge in [-0.15, -0.1) is 0 Å². The third-order valence-electron chi connectivity index (χ3n) is 7.61. The molecule has 0 bridgehead atoms. The van der Waals surface area contributed by atoms with Gasteiger partial charge in [0.2, 0.25) is 5.91 Å². The Bertz CT molecular complexity index is 911. The zero-order chi connectivity index (χ0) is 23.0. The Kier molecular flexibility index (Phi) is 6.70. The molecular weight excluding hydrogens is 402 g/mol. The van der Waals surface area contributed by atoms with Crippen molar-refractivity contribution in [2.75, 3.05) is 0 Å². The number of carbonyl (C=O) groups is 1. The van der Waals surface area contributed by atoms with Gasteiger partial charge < -0.3 is 20.2 Å². The van der Waals surface area contributed by atoms with E-state index in [2.05, 4.69) is 12.2 Å². The maximum Gasteiger partial charge on any atom is 0.230 e. The van der Waals surface area contributed by atoms with Crippen LogP contribution in [0.25, 0.3) is 0 Å². The van der Waals surface area contributed by atoms with Crippen LogP contribution in [0.15, 0.2) is 71.9 Å². The normalized spacial score (nSPS) is 45.9. The number of fused-ring (bicyclic) bond motifs is 4. The lowest BCUT2D eigenvalue weighted by Crippen LogP contribution is -2.40. The van der Waals surface area contributed by atoms with E-state index in [0.717, 1.165) is 17.6 Å². The summed E-state index contributed by atoms with van der Waals surface area (Å²) in [5, 5.41) is 31.8. The average molecular weight is 438 g/mol. The van der Waals surface area contributed by atoms with Gasteiger partial charge >= 0.3 is 0 Å². The number of aliphatic hydroxyl groups is 3. The molecule has 9 atom stereocenters. The summed E-state index contributed by atoms with van der Waals surface area (Å²) < 4.78 is 0. The summed E-state index contributed by atoms with van der Waals surface area (Å²) in [5.74, 6) is -0.626. The number of amides is 1. The van der Waals surface area contributed by atoms with E-state index in [9.17, 15) is 20.1 Å². The van der Waals surface area contributed by atoms with Crippen molar-refractivity contribution in [1.82, 2.24) is 4.90 Å². The van der Waals surface area contributed by atoms with Crippen molar-refractivity contribution in [2.24, 2.45) is 23.7 Å². The standard InChI is InChI=1S/C27H35NO4/c1-4-5-6-7-10-19-15-22(30)25-24-17(3)14-18-12-13-21(29)26(31)23(18)16(2)9-8-11-20(24)27(32)28(19)25/h4-9,11-14,18-26,29-31H,10,15H2,1-3H3/b5-4+,7-6+,11-8+,16-9+,17-14+/t18-,19-,20+,21-,22+,23-,24-,25+,26-/m1/s1. The summed E-state index contributed by atoms with van der Waals surface area (Å²) in [7, 11) is 0. The fraction of sp³-hybridized carbons (Fsp3) is 0.519. The Morgan fingerprint density at radius 3 is 2.59 bits per heavy atom. The molecule has 5 nitrogen and oxygen atoms in total. The predicted molar refractivity (Wildman–Crippen MR) is 125 cm³/mol. The van der Waals surface area contributed by atoms with Crippen LogP contribution in [0.1, 0.15) is 33.6 Å². The van der Waals surface area contributed by atoms with E-state index in [1.807, 2.05) is 68.2 Å². The number of nitrogens with zero attached hydrogens (tertiary/aromatic N) is 1. The first-order valence-electron chi connectivity index (χ1n) is 11.7. The lowest BCUT2D eigenvalue weighted by molar-refractivity contribution is -0.132. The van der Waals surface area contributed by atoms with Crippen molar-refractivity contribution >= 4 is 5.91 Å². The maximum atomic E-state index is 13.5. The molecule has 0 spiro atoms. The number of hydrogen-bond acceptors (Lipinski definition) is 4. The van der Waals surface area contributed by atoms with E-state index in [-0.39, 0.29) is 41.7 Å². The van der Waals surface area contributed by atoms with Gasteiger partial charge in [0, 0.05) is 23.8 Å². The largest absolute Gasteiger partial charge is 0.391 e. The summed E-state index contributed by atoms with van der Waals surface area (Å²) in [6, 6.07) is -0.237. The fourth-order valence-electron chi connectivity index (χ4n) is 6.13. The van der Waals surface area contributed by atoms with Gasteiger partial charge in [-0.1, -0.05) is 71.9 Å². The van der Waals surface area contributed by atoms with E-state index >= 15 is 0 Å². The van der Waals surface area contributed by atoms with E-state index < -0.39 is 18.3 Å². The number of hydrogen-bond donors (Lipinski definition) is 3. The molecule has 2 heterocycles. The fourth-order valence-corrected chi connectivity index (χ4v) is 6.13. The highest BCUT2D eigenvalue weighted by Gasteiger charge is 2.56. The van der Waals surface area contributed by atoms with E-state index in [0.29, 0.717) is 6.42 Å². The van der Waals surface area contributed by atoms with Crippen molar-refractivity contribution in [1.29, 1.82) is 0 Å². The zero-order valence-electron chi connectivity index (χ0n) is 19.1. The van der Waals surface area contributed by atoms with E-state index in [1.54, 1.807) is 6.08 Å². The van der Waals surface area contributed by atoms with Gasteiger partial charge in [-0.2, -0.15) is 0 Å². The number of aliphatic hydroxyl groups excluding tert-OH is 3. The van der Waals surface area contributed by atoms with E-state index in [4.69, 9.17) is 0 Å². The second-order valence-electron chi connectivity index (χ2n) is 9.61. The molecule has 0 aromatic carbocycles. The molecule has 3 N–H and O–H groups in total. The lowest BCUT2D eigenvalue weighted by Gasteiger charge is -2.35. The highest BCUT2D eigenvalue weighted by molar-refractivity contribution is 5.85. The maximum absolute atomic E-state index is 13.5. The predicted octanol–water partition coefficient (Wildman–Crippen LogP) is 3.07. The highest BCUT2D eigenvalue weighted by Crippen LogP contribution is 2.47. The van der Waals surface area contributed by atoms with Crippen LogP contribution in [-0.4, -0.2) is 56.5 Å². The van der Waals surface area contributed by atoms with Crippen molar-refractivity contribution < 1.29 is 20.1 Å². The summed E-state index contributed by atoms with van der Waals surface area (Å²) in [4.78, 5) is 15.5. The van der Waals surface area contributed by atoms with Crippen LogP contribution in [0.3, 0.4) is 0 Å². The van der Waals surface area contributed by atoms with Gasteiger partial charge in [-0.05, 0) is 33.6 Å².